The van der Waals surface area contributed by atoms with E-state index < -0.39 is 21.9 Å². The number of sulfonamides is 1. The Morgan fingerprint density at radius 2 is 2.18 bits per heavy atom. The van der Waals surface area contributed by atoms with Gasteiger partial charge in [0.15, 0.2) is 0 Å². The minimum Gasteiger partial charge on any atom is -0.396 e. The van der Waals surface area contributed by atoms with Gasteiger partial charge in [-0.1, -0.05) is 6.92 Å². The van der Waals surface area contributed by atoms with E-state index in [0.29, 0.717) is 6.42 Å². The van der Waals surface area contributed by atoms with Crippen molar-refractivity contribution in [2.75, 3.05) is 12.3 Å². The van der Waals surface area contributed by atoms with Crippen molar-refractivity contribution in [3.63, 3.8) is 0 Å². The van der Waals surface area contributed by atoms with Crippen molar-refractivity contribution in [2.24, 2.45) is 0 Å². The average Bonchev–Trinajstić information content (AvgIpc) is 2.29. The van der Waals surface area contributed by atoms with E-state index in [1.165, 1.54) is 12.1 Å². The molecule has 0 unspecified atom stereocenters. The molecule has 0 aliphatic carbocycles. The lowest BCUT2D eigenvalue weighted by Crippen LogP contribution is -2.36. The largest absolute Gasteiger partial charge is 0.396 e. The van der Waals surface area contributed by atoms with E-state index in [0.717, 1.165) is 6.07 Å². The van der Waals surface area contributed by atoms with Gasteiger partial charge in [-0.2, -0.15) is 0 Å². The van der Waals surface area contributed by atoms with E-state index in [-0.39, 0.29) is 17.2 Å². The first-order chi connectivity index (χ1) is 7.90. The monoisotopic (exact) mass is 262 g/mol. The molecule has 0 radical (unpaired) electrons. The predicted molar refractivity (Wildman–Crippen MR) is 62.3 cm³/mol. The second kappa shape index (κ2) is 5.44. The molecule has 1 aromatic carbocycles. The van der Waals surface area contributed by atoms with Gasteiger partial charge >= 0.3 is 0 Å². The van der Waals surface area contributed by atoms with E-state index in [2.05, 4.69) is 4.72 Å². The topological polar surface area (TPSA) is 92.4 Å². The third-order valence-corrected chi connectivity index (χ3v) is 3.84. The van der Waals surface area contributed by atoms with Gasteiger partial charge in [-0.15, -0.1) is 0 Å². The van der Waals surface area contributed by atoms with Crippen molar-refractivity contribution in [1.82, 2.24) is 4.72 Å². The van der Waals surface area contributed by atoms with Crippen LogP contribution in [0.2, 0.25) is 0 Å². The third-order valence-electron chi connectivity index (χ3n) is 2.32. The Bertz CT molecular complexity index is 486. The lowest BCUT2D eigenvalue weighted by molar-refractivity contribution is 0.254. The van der Waals surface area contributed by atoms with Crippen LogP contribution in [0.25, 0.3) is 0 Å². The standard InChI is InChI=1S/C10H15FN2O3S/c1-2-7(6-14)13-17(15,16)8-3-4-10(12)9(11)5-8/h3-5,7,13-14H,2,6,12H2,1H3/t7-/m0/s1. The van der Waals surface area contributed by atoms with Crippen molar-refractivity contribution in [3.05, 3.63) is 24.0 Å². The van der Waals surface area contributed by atoms with Crippen molar-refractivity contribution in [1.29, 1.82) is 0 Å². The molecular formula is C10H15FN2O3S. The number of nitrogens with one attached hydrogen (secondary N) is 1. The minimum atomic E-state index is -3.83. The summed E-state index contributed by atoms with van der Waals surface area (Å²) in [4.78, 5) is -0.212. The Hall–Kier alpha value is -1.18. The highest BCUT2D eigenvalue weighted by Crippen LogP contribution is 2.16. The zero-order valence-corrected chi connectivity index (χ0v) is 10.2. The number of benzene rings is 1. The van der Waals surface area contributed by atoms with E-state index in [4.69, 9.17) is 10.8 Å². The first kappa shape index (κ1) is 13.9. The maximum atomic E-state index is 13.1. The maximum absolute atomic E-state index is 13.1. The fourth-order valence-electron chi connectivity index (χ4n) is 1.21. The predicted octanol–water partition coefficient (Wildman–Crippen LogP) is 0.457. The van der Waals surface area contributed by atoms with Crippen molar-refractivity contribution < 1.29 is 17.9 Å². The van der Waals surface area contributed by atoms with Gasteiger partial charge < -0.3 is 10.8 Å². The summed E-state index contributed by atoms with van der Waals surface area (Å²) in [5.74, 6) is -0.787. The number of nitrogen functional groups attached to an aromatic ring is 1. The molecule has 0 aliphatic rings. The highest BCUT2D eigenvalue weighted by atomic mass is 32.2. The first-order valence-electron chi connectivity index (χ1n) is 5.09. The molecule has 5 nitrogen and oxygen atoms in total. The molecule has 0 saturated carbocycles. The summed E-state index contributed by atoms with van der Waals surface area (Å²) in [6, 6.07) is 2.66. The summed E-state index contributed by atoms with van der Waals surface area (Å²) in [5, 5.41) is 8.91. The Morgan fingerprint density at radius 1 is 1.53 bits per heavy atom. The Balaban J connectivity index is 3.01. The van der Waals surface area contributed by atoms with Crippen LogP contribution in [-0.4, -0.2) is 26.2 Å². The van der Waals surface area contributed by atoms with E-state index >= 15 is 0 Å². The third kappa shape index (κ3) is 3.39. The van der Waals surface area contributed by atoms with Crippen LogP contribution < -0.4 is 10.5 Å². The average molecular weight is 262 g/mol. The molecule has 17 heavy (non-hydrogen) atoms. The minimum absolute atomic E-state index is 0.113. The number of rotatable bonds is 5. The van der Waals surface area contributed by atoms with E-state index in [1.807, 2.05) is 0 Å². The molecule has 0 aliphatic heterocycles. The van der Waals surface area contributed by atoms with Crippen LogP contribution >= 0.6 is 0 Å². The van der Waals surface area contributed by atoms with Gasteiger partial charge in [-0.05, 0) is 24.6 Å². The Kier molecular flexibility index (Phi) is 4.44. The zero-order chi connectivity index (χ0) is 13.1. The number of halogens is 1. The molecule has 0 amide bonds. The number of nitrogens with two attached hydrogens (primary N) is 1. The summed E-state index contributed by atoms with van der Waals surface area (Å²) >= 11 is 0. The first-order valence-corrected chi connectivity index (χ1v) is 6.57. The van der Waals surface area contributed by atoms with Gasteiger partial charge in [0, 0.05) is 6.04 Å². The second-order valence-corrected chi connectivity index (χ2v) is 5.31. The van der Waals surface area contributed by atoms with Gasteiger partial charge in [0.25, 0.3) is 0 Å². The Labute approximate surface area is 99.5 Å². The molecule has 4 N–H and O–H groups in total. The molecule has 1 aromatic rings. The molecule has 0 fully saturated rings. The quantitative estimate of drug-likeness (QED) is 0.672. The van der Waals surface area contributed by atoms with Gasteiger partial charge in [-0.25, -0.2) is 17.5 Å². The van der Waals surface area contributed by atoms with E-state index in [9.17, 15) is 12.8 Å². The number of aliphatic hydroxyl groups excluding tert-OH is 1. The highest BCUT2D eigenvalue weighted by molar-refractivity contribution is 7.89. The van der Waals surface area contributed by atoms with Crippen LogP contribution in [0, 0.1) is 5.82 Å². The van der Waals surface area contributed by atoms with Crippen LogP contribution in [0.1, 0.15) is 13.3 Å². The number of aliphatic hydroxyl groups is 1. The summed E-state index contributed by atoms with van der Waals surface area (Å²) in [6.45, 7) is 1.42. The van der Waals surface area contributed by atoms with Gasteiger partial charge in [0.05, 0.1) is 17.2 Å². The maximum Gasteiger partial charge on any atom is 0.241 e. The summed E-state index contributed by atoms with van der Waals surface area (Å²) in [6.07, 6.45) is 0.438. The van der Waals surface area contributed by atoms with Crippen molar-refractivity contribution >= 4 is 15.7 Å². The molecule has 0 heterocycles. The van der Waals surface area contributed by atoms with Crippen molar-refractivity contribution in [3.8, 4) is 0 Å². The van der Waals surface area contributed by atoms with Crippen LogP contribution in [0.3, 0.4) is 0 Å². The molecule has 0 saturated heterocycles. The lowest BCUT2D eigenvalue weighted by Gasteiger charge is -2.14. The summed E-state index contributed by atoms with van der Waals surface area (Å²) in [7, 11) is -3.83. The van der Waals surface area contributed by atoms with Crippen LogP contribution in [-0.2, 0) is 10.0 Å². The van der Waals surface area contributed by atoms with Gasteiger partial charge in [0.1, 0.15) is 5.82 Å². The van der Waals surface area contributed by atoms with Gasteiger partial charge in [-0.3, -0.25) is 0 Å². The number of hydrogen-bond acceptors (Lipinski definition) is 4. The Morgan fingerprint density at radius 3 is 2.65 bits per heavy atom. The number of hydrogen-bond donors (Lipinski definition) is 3. The molecule has 0 spiro atoms. The number of anilines is 1. The molecule has 1 rings (SSSR count). The highest BCUT2D eigenvalue weighted by Gasteiger charge is 2.19. The smallest absolute Gasteiger partial charge is 0.241 e. The zero-order valence-electron chi connectivity index (χ0n) is 9.35. The van der Waals surface area contributed by atoms with E-state index in [1.54, 1.807) is 6.92 Å². The second-order valence-electron chi connectivity index (χ2n) is 3.59. The molecular weight excluding hydrogens is 247 g/mol. The molecule has 1 atom stereocenters. The SMILES string of the molecule is CC[C@@H](CO)NS(=O)(=O)c1ccc(N)c(F)c1. The van der Waals surface area contributed by atoms with Crippen LogP contribution in [0.5, 0.6) is 0 Å². The lowest BCUT2D eigenvalue weighted by atomic mass is 10.3. The molecule has 7 heteroatoms. The van der Waals surface area contributed by atoms with Crippen LogP contribution in [0.4, 0.5) is 10.1 Å². The molecule has 0 aromatic heterocycles. The van der Waals surface area contributed by atoms with Gasteiger partial charge in [0.2, 0.25) is 10.0 Å². The normalized spacial score (nSPS) is 13.6. The fraction of sp³-hybridized carbons (Fsp3) is 0.400. The van der Waals surface area contributed by atoms with Crippen LogP contribution in [0.15, 0.2) is 23.1 Å². The molecule has 96 valence electrons. The van der Waals surface area contributed by atoms with Crippen molar-refractivity contribution in [2.45, 2.75) is 24.3 Å². The summed E-state index contributed by atoms with van der Waals surface area (Å²) < 4.78 is 39.0. The summed E-state index contributed by atoms with van der Waals surface area (Å²) in [5.41, 5.74) is 5.14. The molecule has 0 bridgehead atoms. The fourth-order valence-corrected chi connectivity index (χ4v) is 2.53.